The fourth-order valence-electron chi connectivity index (χ4n) is 3.28. The maximum atomic E-state index is 11.9. The number of hydrogen-bond donors (Lipinski definition) is 1. The fourth-order valence-corrected chi connectivity index (χ4v) is 3.28. The van der Waals surface area contributed by atoms with Crippen LogP contribution in [0.15, 0.2) is 18.2 Å². The molecule has 0 spiro atoms. The number of rotatable bonds is 4. The molecule has 1 N–H and O–H groups in total. The first kappa shape index (κ1) is 14.1. The molecule has 0 atom stereocenters. The highest BCUT2D eigenvalue weighted by molar-refractivity contribution is 5.82. The van der Waals surface area contributed by atoms with Crippen molar-refractivity contribution in [3.05, 3.63) is 34.9 Å². The lowest BCUT2D eigenvalue weighted by Crippen LogP contribution is -2.33. The first-order chi connectivity index (χ1) is 9.01. The Morgan fingerprint density at radius 2 is 1.95 bits per heavy atom. The van der Waals surface area contributed by atoms with E-state index in [1.165, 1.54) is 11.1 Å². The van der Waals surface area contributed by atoms with Gasteiger partial charge < -0.3 is 5.11 Å². The van der Waals surface area contributed by atoms with Crippen molar-refractivity contribution in [3.63, 3.8) is 0 Å². The molecule has 0 radical (unpaired) electrons. The largest absolute Gasteiger partial charge is 0.481 e. The molecule has 0 saturated heterocycles. The van der Waals surface area contributed by atoms with Gasteiger partial charge in [0.2, 0.25) is 0 Å². The molecule has 1 aliphatic rings. The third-order valence-corrected chi connectivity index (χ3v) is 4.56. The minimum atomic E-state index is -0.638. The van der Waals surface area contributed by atoms with E-state index < -0.39 is 11.4 Å². The second-order valence-electron chi connectivity index (χ2n) is 6.02. The quantitative estimate of drug-likeness (QED) is 0.877. The molecule has 0 aliphatic heterocycles. The number of carboxylic acid groups (broad SMARTS) is 1. The molecular weight excluding hydrogens is 236 g/mol. The highest BCUT2D eigenvalue weighted by Crippen LogP contribution is 2.43. The monoisotopic (exact) mass is 260 g/mol. The highest BCUT2D eigenvalue weighted by Gasteiger charge is 2.44. The zero-order valence-corrected chi connectivity index (χ0v) is 12.2. The number of carbonyl (C=O) groups is 1. The van der Waals surface area contributed by atoms with Crippen molar-refractivity contribution in [3.8, 4) is 0 Å². The Hall–Kier alpha value is -1.31. The average molecular weight is 260 g/mol. The van der Waals surface area contributed by atoms with E-state index in [2.05, 4.69) is 39.0 Å². The second-order valence-corrected chi connectivity index (χ2v) is 6.02. The van der Waals surface area contributed by atoms with Crippen LogP contribution in [0.4, 0.5) is 0 Å². The van der Waals surface area contributed by atoms with E-state index >= 15 is 0 Å². The Kier molecular flexibility index (Phi) is 3.98. The molecule has 0 amide bonds. The molecule has 0 bridgehead atoms. The first-order valence-electron chi connectivity index (χ1n) is 7.38. The van der Waals surface area contributed by atoms with Gasteiger partial charge in [-0.15, -0.1) is 0 Å². The van der Waals surface area contributed by atoms with Gasteiger partial charge in [0.25, 0.3) is 0 Å². The van der Waals surface area contributed by atoms with Gasteiger partial charge in [-0.25, -0.2) is 0 Å². The molecule has 1 aromatic rings. The van der Waals surface area contributed by atoms with Crippen molar-refractivity contribution >= 4 is 5.97 Å². The van der Waals surface area contributed by atoms with Crippen LogP contribution >= 0.6 is 0 Å². The SMILES string of the molecule is CCc1ccc(C(C)C)cc1C1(C(=O)O)CCCC1. The molecule has 1 fully saturated rings. The Bertz CT molecular complexity index is 468. The Morgan fingerprint density at radius 3 is 2.42 bits per heavy atom. The molecule has 1 aliphatic carbocycles. The fraction of sp³-hybridized carbons (Fsp3) is 0.588. The third-order valence-electron chi connectivity index (χ3n) is 4.56. The van der Waals surface area contributed by atoms with Crippen molar-refractivity contribution in [1.29, 1.82) is 0 Å². The number of aliphatic carboxylic acids is 1. The van der Waals surface area contributed by atoms with Crippen LogP contribution in [0.2, 0.25) is 0 Å². The van der Waals surface area contributed by atoms with E-state index in [9.17, 15) is 9.90 Å². The van der Waals surface area contributed by atoms with Crippen molar-refractivity contribution < 1.29 is 9.90 Å². The lowest BCUT2D eigenvalue weighted by molar-refractivity contribution is -0.143. The predicted molar refractivity (Wildman–Crippen MR) is 77.7 cm³/mol. The van der Waals surface area contributed by atoms with E-state index in [0.29, 0.717) is 5.92 Å². The Morgan fingerprint density at radius 1 is 1.32 bits per heavy atom. The van der Waals surface area contributed by atoms with Crippen molar-refractivity contribution in [2.24, 2.45) is 0 Å². The van der Waals surface area contributed by atoms with Gasteiger partial charge in [0.05, 0.1) is 5.41 Å². The highest BCUT2D eigenvalue weighted by atomic mass is 16.4. The first-order valence-corrected chi connectivity index (χ1v) is 7.38. The van der Waals surface area contributed by atoms with Gasteiger partial charge in [-0.1, -0.05) is 51.8 Å². The summed E-state index contributed by atoms with van der Waals surface area (Å²) in [5.41, 5.74) is 2.90. The lowest BCUT2D eigenvalue weighted by atomic mass is 9.75. The Balaban J connectivity index is 2.57. The third kappa shape index (κ3) is 2.41. The van der Waals surface area contributed by atoms with Gasteiger partial charge in [0, 0.05) is 0 Å². The minimum Gasteiger partial charge on any atom is -0.481 e. The molecule has 2 rings (SSSR count). The lowest BCUT2D eigenvalue weighted by Gasteiger charge is -2.28. The molecule has 0 unspecified atom stereocenters. The zero-order valence-electron chi connectivity index (χ0n) is 12.2. The molecule has 1 aromatic carbocycles. The molecule has 0 aromatic heterocycles. The van der Waals surface area contributed by atoms with Crippen LogP contribution < -0.4 is 0 Å². The van der Waals surface area contributed by atoms with Gasteiger partial charge in [-0.2, -0.15) is 0 Å². The molecule has 0 heterocycles. The van der Waals surface area contributed by atoms with Gasteiger partial charge in [0.15, 0.2) is 0 Å². The smallest absolute Gasteiger partial charge is 0.314 e. The number of carboxylic acids is 1. The van der Waals surface area contributed by atoms with E-state index in [1.807, 2.05) is 0 Å². The van der Waals surface area contributed by atoms with E-state index in [-0.39, 0.29) is 0 Å². The molecule has 19 heavy (non-hydrogen) atoms. The molecular formula is C17H24O2. The van der Waals surface area contributed by atoms with Crippen LogP contribution in [0.5, 0.6) is 0 Å². The summed E-state index contributed by atoms with van der Waals surface area (Å²) in [6.45, 7) is 6.43. The van der Waals surface area contributed by atoms with Crippen molar-refractivity contribution in [2.75, 3.05) is 0 Å². The zero-order chi connectivity index (χ0) is 14.0. The van der Waals surface area contributed by atoms with Crippen LogP contribution in [-0.2, 0) is 16.6 Å². The Labute approximate surface area is 115 Å². The molecule has 1 saturated carbocycles. The normalized spacial score (nSPS) is 17.9. The van der Waals surface area contributed by atoms with E-state index in [4.69, 9.17) is 0 Å². The van der Waals surface area contributed by atoms with E-state index in [1.54, 1.807) is 0 Å². The van der Waals surface area contributed by atoms with Crippen molar-refractivity contribution in [2.45, 2.75) is 64.2 Å². The second kappa shape index (κ2) is 5.36. The maximum Gasteiger partial charge on any atom is 0.314 e. The minimum absolute atomic E-state index is 0.442. The van der Waals surface area contributed by atoms with Crippen LogP contribution in [0.1, 0.15) is 69.1 Å². The summed E-state index contributed by atoms with van der Waals surface area (Å²) in [5.74, 6) is -0.197. The predicted octanol–water partition coefficient (Wildman–Crippen LogP) is 4.27. The summed E-state index contributed by atoms with van der Waals surface area (Å²) in [6, 6.07) is 6.44. The van der Waals surface area contributed by atoms with Gasteiger partial charge in [-0.05, 0) is 41.9 Å². The van der Waals surface area contributed by atoms with Crippen LogP contribution in [0.3, 0.4) is 0 Å². The summed E-state index contributed by atoms with van der Waals surface area (Å²) in [4.78, 5) is 11.9. The van der Waals surface area contributed by atoms with Gasteiger partial charge in [0.1, 0.15) is 0 Å². The summed E-state index contributed by atoms with van der Waals surface area (Å²) >= 11 is 0. The van der Waals surface area contributed by atoms with Crippen LogP contribution in [-0.4, -0.2) is 11.1 Å². The standard InChI is InChI=1S/C17H24O2/c1-4-13-7-8-14(12(2)3)11-15(13)17(16(18)19)9-5-6-10-17/h7-8,11-12H,4-6,9-10H2,1-3H3,(H,18,19). The topological polar surface area (TPSA) is 37.3 Å². The van der Waals surface area contributed by atoms with Crippen LogP contribution in [0, 0.1) is 0 Å². The number of hydrogen-bond acceptors (Lipinski definition) is 1. The van der Waals surface area contributed by atoms with Gasteiger partial charge in [-0.3, -0.25) is 4.79 Å². The summed E-state index contributed by atoms with van der Waals surface area (Å²) < 4.78 is 0. The van der Waals surface area contributed by atoms with E-state index in [0.717, 1.165) is 37.7 Å². The number of aryl methyl sites for hydroxylation is 1. The summed E-state index contributed by atoms with van der Waals surface area (Å²) in [7, 11) is 0. The molecule has 2 heteroatoms. The van der Waals surface area contributed by atoms with Crippen LogP contribution in [0.25, 0.3) is 0 Å². The number of benzene rings is 1. The summed E-state index contributed by atoms with van der Waals surface area (Å²) in [5, 5.41) is 9.77. The van der Waals surface area contributed by atoms with Gasteiger partial charge >= 0.3 is 5.97 Å². The van der Waals surface area contributed by atoms with Crippen molar-refractivity contribution in [1.82, 2.24) is 0 Å². The maximum absolute atomic E-state index is 11.9. The molecule has 104 valence electrons. The molecule has 2 nitrogen and oxygen atoms in total. The average Bonchev–Trinajstić information content (AvgIpc) is 2.88. The summed E-state index contributed by atoms with van der Waals surface area (Å²) in [6.07, 6.45) is 4.54.